The van der Waals surface area contributed by atoms with Gasteiger partial charge in [-0.05, 0) is 42.0 Å². The van der Waals surface area contributed by atoms with Gasteiger partial charge in [-0.15, -0.1) is 5.10 Å². The molecule has 2 aromatic carbocycles. The summed E-state index contributed by atoms with van der Waals surface area (Å²) in [6.07, 6.45) is 1.59. The van der Waals surface area contributed by atoms with E-state index in [0.29, 0.717) is 10.7 Å². The SMILES string of the molecule is N/C(=N\N=C\c1ccc(Cl)cc1)SC1CC(=O)N(c2ccc(Br)cc2)C1=O. The maximum atomic E-state index is 12.6. The first kappa shape index (κ1) is 19.6. The molecule has 0 radical (unpaired) electrons. The molecule has 2 aromatic rings. The number of carbonyl (C=O) groups is 2. The van der Waals surface area contributed by atoms with E-state index in [0.717, 1.165) is 21.8 Å². The first-order valence-corrected chi connectivity index (χ1v) is 9.90. The number of benzene rings is 2. The van der Waals surface area contributed by atoms with Crippen LogP contribution >= 0.6 is 39.3 Å². The second-order valence-corrected chi connectivity index (χ2v) is 8.16. The topological polar surface area (TPSA) is 88.1 Å². The molecular weight excluding hydrogens is 452 g/mol. The fourth-order valence-electron chi connectivity index (χ4n) is 2.43. The van der Waals surface area contributed by atoms with Crippen molar-refractivity contribution in [3.8, 4) is 0 Å². The minimum absolute atomic E-state index is 0.0662. The molecule has 1 heterocycles. The van der Waals surface area contributed by atoms with Gasteiger partial charge in [0, 0.05) is 15.9 Å². The van der Waals surface area contributed by atoms with Crippen LogP contribution in [-0.2, 0) is 9.59 Å². The summed E-state index contributed by atoms with van der Waals surface area (Å²) in [4.78, 5) is 26.0. The number of amides is 2. The van der Waals surface area contributed by atoms with Gasteiger partial charge in [-0.2, -0.15) is 5.10 Å². The Morgan fingerprint density at radius 1 is 1.19 bits per heavy atom. The fraction of sp³-hybridized carbons (Fsp3) is 0.111. The largest absolute Gasteiger partial charge is 0.377 e. The molecule has 1 saturated heterocycles. The number of hydrogen-bond acceptors (Lipinski definition) is 5. The lowest BCUT2D eigenvalue weighted by Crippen LogP contribution is -2.31. The van der Waals surface area contributed by atoms with E-state index in [-0.39, 0.29) is 23.4 Å². The van der Waals surface area contributed by atoms with E-state index in [1.165, 1.54) is 11.1 Å². The molecule has 138 valence electrons. The Morgan fingerprint density at radius 2 is 1.85 bits per heavy atom. The van der Waals surface area contributed by atoms with Gasteiger partial charge in [-0.25, -0.2) is 4.90 Å². The fourth-order valence-corrected chi connectivity index (χ4v) is 3.64. The first-order chi connectivity index (χ1) is 12.9. The van der Waals surface area contributed by atoms with Crippen LogP contribution in [0.4, 0.5) is 5.69 Å². The molecule has 9 heteroatoms. The van der Waals surface area contributed by atoms with Gasteiger partial charge in [0.1, 0.15) is 5.25 Å². The van der Waals surface area contributed by atoms with Gasteiger partial charge in [0.15, 0.2) is 5.17 Å². The molecule has 2 N–H and O–H groups in total. The molecule has 0 saturated carbocycles. The Labute approximate surface area is 173 Å². The highest BCUT2D eigenvalue weighted by molar-refractivity contribution is 9.10. The Kier molecular flexibility index (Phi) is 6.30. The number of nitrogens with zero attached hydrogens (tertiary/aromatic N) is 3. The minimum atomic E-state index is -0.615. The molecular formula is C18H14BrClN4O2S. The Hall–Kier alpha value is -2.16. The number of thioether (sulfide) groups is 1. The lowest BCUT2D eigenvalue weighted by Gasteiger charge is -2.14. The van der Waals surface area contributed by atoms with Gasteiger partial charge < -0.3 is 5.73 Å². The number of halogens is 2. The summed E-state index contributed by atoms with van der Waals surface area (Å²) in [6, 6.07) is 14.0. The van der Waals surface area contributed by atoms with E-state index < -0.39 is 5.25 Å². The van der Waals surface area contributed by atoms with Crippen LogP contribution in [0, 0.1) is 0 Å². The van der Waals surface area contributed by atoms with Gasteiger partial charge in [0.25, 0.3) is 0 Å². The second kappa shape index (κ2) is 8.69. The highest BCUT2D eigenvalue weighted by Crippen LogP contribution is 2.30. The molecule has 0 bridgehead atoms. The summed E-state index contributed by atoms with van der Waals surface area (Å²) in [6.45, 7) is 0. The van der Waals surface area contributed by atoms with Crippen molar-refractivity contribution in [2.45, 2.75) is 11.7 Å². The molecule has 27 heavy (non-hydrogen) atoms. The molecule has 6 nitrogen and oxygen atoms in total. The molecule has 1 unspecified atom stereocenters. The number of anilines is 1. The molecule has 3 rings (SSSR count). The van der Waals surface area contributed by atoms with Crippen molar-refractivity contribution in [3.63, 3.8) is 0 Å². The van der Waals surface area contributed by atoms with Crippen LogP contribution in [0.3, 0.4) is 0 Å². The molecule has 1 aliphatic heterocycles. The Morgan fingerprint density at radius 3 is 2.52 bits per heavy atom. The third-order valence-electron chi connectivity index (χ3n) is 3.69. The van der Waals surface area contributed by atoms with Crippen molar-refractivity contribution in [2.24, 2.45) is 15.9 Å². The average molecular weight is 466 g/mol. The van der Waals surface area contributed by atoms with Crippen LogP contribution in [0.15, 0.2) is 63.2 Å². The zero-order valence-electron chi connectivity index (χ0n) is 13.9. The van der Waals surface area contributed by atoms with Crippen LogP contribution in [0.25, 0.3) is 0 Å². The van der Waals surface area contributed by atoms with Crippen molar-refractivity contribution in [3.05, 3.63) is 63.6 Å². The van der Waals surface area contributed by atoms with Crippen molar-refractivity contribution in [1.82, 2.24) is 0 Å². The van der Waals surface area contributed by atoms with Crippen LogP contribution in [0.1, 0.15) is 12.0 Å². The van der Waals surface area contributed by atoms with Crippen LogP contribution in [0.2, 0.25) is 5.02 Å². The highest BCUT2D eigenvalue weighted by atomic mass is 79.9. The van der Waals surface area contributed by atoms with Crippen molar-refractivity contribution >= 4 is 68.2 Å². The monoisotopic (exact) mass is 464 g/mol. The van der Waals surface area contributed by atoms with E-state index >= 15 is 0 Å². The molecule has 2 amide bonds. The van der Waals surface area contributed by atoms with E-state index in [1.54, 1.807) is 48.5 Å². The Bertz CT molecular complexity index is 916. The van der Waals surface area contributed by atoms with Gasteiger partial charge in [-0.1, -0.05) is 51.4 Å². The zero-order valence-corrected chi connectivity index (χ0v) is 17.0. The average Bonchev–Trinajstić information content (AvgIpc) is 2.91. The normalized spacial score (nSPS) is 17.9. The van der Waals surface area contributed by atoms with Crippen molar-refractivity contribution < 1.29 is 9.59 Å². The molecule has 0 aromatic heterocycles. The maximum Gasteiger partial charge on any atom is 0.247 e. The highest BCUT2D eigenvalue weighted by Gasteiger charge is 2.40. The molecule has 1 aliphatic rings. The quantitative estimate of drug-likeness (QED) is 0.322. The summed E-state index contributed by atoms with van der Waals surface area (Å²) in [5, 5.41) is 7.91. The van der Waals surface area contributed by atoms with Crippen LogP contribution in [-0.4, -0.2) is 28.4 Å². The van der Waals surface area contributed by atoms with Gasteiger partial charge in [0.05, 0.1) is 11.9 Å². The van der Waals surface area contributed by atoms with E-state index in [2.05, 4.69) is 26.1 Å². The zero-order chi connectivity index (χ0) is 19.4. The van der Waals surface area contributed by atoms with Gasteiger partial charge >= 0.3 is 0 Å². The first-order valence-electron chi connectivity index (χ1n) is 7.85. The molecule has 0 spiro atoms. The van der Waals surface area contributed by atoms with Crippen LogP contribution < -0.4 is 10.6 Å². The summed E-state index contributed by atoms with van der Waals surface area (Å²) < 4.78 is 0.867. The van der Waals surface area contributed by atoms with E-state index in [1.807, 2.05) is 0 Å². The maximum absolute atomic E-state index is 12.6. The third-order valence-corrected chi connectivity index (χ3v) is 5.44. The number of nitrogens with two attached hydrogens (primary N) is 1. The molecule has 1 fully saturated rings. The third kappa shape index (κ3) is 4.97. The standard InChI is InChI=1S/C18H14BrClN4O2S/c19-12-3-7-14(8-4-12)24-16(25)9-15(17(24)26)27-18(21)23-22-10-11-1-5-13(20)6-2-11/h1-8,10,15H,9H2,(H2,21,23)/b22-10+. The Balaban J connectivity index is 1.64. The van der Waals surface area contributed by atoms with Gasteiger partial charge in [-0.3, -0.25) is 9.59 Å². The second-order valence-electron chi connectivity index (χ2n) is 5.59. The number of rotatable bonds is 4. The van der Waals surface area contributed by atoms with Crippen LogP contribution in [0.5, 0.6) is 0 Å². The number of imide groups is 1. The summed E-state index contributed by atoms with van der Waals surface area (Å²) in [7, 11) is 0. The predicted octanol–water partition coefficient (Wildman–Crippen LogP) is 3.82. The van der Waals surface area contributed by atoms with Gasteiger partial charge in [0.2, 0.25) is 11.8 Å². The predicted molar refractivity (Wildman–Crippen MR) is 113 cm³/mol. The number of hydrogen-bond donors (Lipinski definition) is 1. The molecule has 0 aliphatic carbocycles. The van der Waals surface area contributed by atoms with Crippen molar-refractivity contribution in [1.29, 1.82) is 0 Å². The molecule has 1 atom stereocenters. The lowest BCUT2D eigenvalue weighted by molar-refractivity contribution is -0.121. The number of amidine groups is 1. The van der Waals surface area contributed by atoms with E-state index in [9.17, 15) is 9.59 Å². The summed E-state index contributed by atoms with van der Waals surface area (Å²) in [5.41, 5.74) is 7.19. The smallest absolute Gasteiger partial charge is 0.247 e. The number of carbonyl (C=O) groups excluding carboxylic acids is 2. The van der Waals surface area contributed by atoms with E-state index in [4.69, 9.17) is 17.3 Å². The lowest BCUT2D eigenvalue weighted by atomic mass is 10.2. The minimum Gasteiger partial charge on any atom is -0.377 e. The summed E-state index contributed by atoms with van der Waals surface area (Å²) in [5.74, 6) is -0.579. The summed E-state index contributed by atoms with van der Waals surface area (Å²) >= 11 is 10.2. The van der Waals surface area contributed by atoms with Crippen molar-refractivity contribution in [2.75, 3.05) is 4.90 Å².